The minimum atomic E-state index is -0.971. The lowest BCUT2D eigenvalue weighted by atomic mass is 9.92. The summed E-state index contributed by atoms with van der Waals surface area (Å²) in [5.74, 6) is -1.15. The van der Waals surface area contributed by atoms with Crippen molar-refractivity contribution in [1.29, 1.82) is 0 Å². The van der Waals surface area contributed by atoms with Crippen molar-refractivity contribution in [2.24, 2.45) is 11.8 Å². The fourth-order valence-electron chi connectivity index (χ4n) is 2.72. The predicted molar refractivity (Wildman–Crippen MR) is 96.7 cm³/mol. The molecule has 4 nitrogen and oxygen atoms in total. The second-order valence-corrected chi connectivity index (χ2v) is 6.64. The molecule has 2 N–H and O–H groups in total. The van der Waals surface area contributed by atoms with E-state index < -0.39 is 12.0 Å². The zero-order valence-electron chi connectivity index (χ0n) is 14.7. The largest absolute Gasteiger partial charge is 0.480 e. The van der Waals surface area contributed by atoms with Crippen molar-refractivity contribution in [2.45, 2.75) is 52.0 Å². The van der Waals surface area contributed by atoms with E-state index in [0.29, 0.717) is 12.8 Å². The molecule has 0 aromatic heterocycles. The van der Waals surface area contributed by atoms with E-state index >= 15 is 0 Å². The Morgan fingerprint density at radius 2 is 1.92 bits per heavy atom. The van der Waals surface area contributed by atoms with Crippen molar-refractivity contribution < 1.29 is 14.7 Å². The van der Waals surface area contributed by atoms with Crippen LogP contribution in [-0.2, 0) is 16.0 Å². The summed E-state index contributed by atoms with van der Waals surface area (Å²) in [7, 11) is 0. The summed E-state index contributed by atoms with van der Waals surface area (Å²) in [4.78, 5) is 24.0. The average Bonchev–Trinajstić information content (AvgIpc) is 2.53. The molecule has 4 heteroatoms. The van der Waals surface area contributed by atoms with E-state index in [1.807, 2.05) is 50.3 Å². The van der Waals surface area contributed by atoms with Gasteiger partial charge in [-0.05, 0) is 43.6 Å². The van der Waals surface area contributed by atoms with E-state index in [4.69, 9.17) is 0 Å². The summed E-state index contributed by atoms with van der Waals surface area (Å²) in [5, 5.41) is 12.1. The second-order valence-electron chi connectivity index (χ2n) is 6.64. The maximum Gasteiger partial charge on any atom is 0.326 e. The lowest BCUT2D eigenvalue weighted by Crippen LogP contribution is -2.44. The zero-order chi connectivity index (χ0) is 17.9. The second kappa shape index (κ2) is 10.6. The Labute approximate surface area is 145 Å². The van der Waals surface area contributed by atoms with E-state index in [1.165, 1.54) is 0 Å². The van der Waals surface area contributed by atoms with Crippen LogP contribution in [-0.4, -0.2) is 23.0 Å². The van der Waals surface area contributed by atoms with E-state index in [0.717, 1.165) is 24.8 Å². The molecule has 1 aromatic carbocycles. The molecule has 0 radical (unpaired) electrons. The quantitative estimate of drug-likeness (QED) is 0.478. The van der Waals surface area contributed by atoms with Crippen LogP contribution in [0.1, 0.15) is 45.1 Å². The van der Waals surface area contributed by atoms with Crippen LogP contribution in [0.25, 0.3) is 0 Å². The number of carbonyl (C=O) groups is 2. The van der Waals surface area contributed by atoms with Gasteiger partial charge in [0.15, 0.2) is 0 Å². The third kappa shape index (κ3) is 7.44. The van der Waals surface area contributed by atoms with Gasteiger partial charge in [-0.15, -0.1) is 6.58 Å². The van der Waals surface area contributed by atoms with Gasteiger partial charge in [-0.2, -0.15) is 0 Å². The summed E-state index contributed by atoms with van der Waals surface area (Å²) in [6.45, 7) is 7.62. The van der Waals surface area contributed by atoms with E-state index in [2.05, 4.69) is 11.9 Å². The first-order valence-electron chi connectivity index (χ1n) is 8.62. The smallest absolute Gasteiger partial charge is 0.326 e. The van der Waals surface area contributed by atoms with Gasteiger partial charge < -0.3 is 10.4 Å². The van der Waals surface area contributed by atoms with Crippen LogP contribution in [0.2, 0.25) is 0 Å². The minimum Gasteiger partial charge on any atom is -0.480 e. The Hall–Kier alpha value is -2.10. The highest BCUT2D eigenvalue weighted by atomic mass is 16.4. The van der Waals surface area contributed by atoms with Crippen LogP contribution in [0.15, 0.2) is 43.0 Å². The highest BCUT2D eigenvalue weighted by Crippen LogP contribution is 2.17. The SMILES string of the molecule is C=CCCCC(Cc1ccccc1)C(=O)NC(CC(C)C)C(=O)O. The Bertz CT molecular complexity index is 525. The van der Waals surface area contributed by atoms with Gasteiger partial charge in [0, 0.05) is 5.92 Å². The first-order valence-corrected chi connectivity index (χ1v) is 8.62. The van der Waals surface area contributed by atoms with Gasteiger partial charge in [0.1, 0.15) is 6.04 Å². The van der Waals surface area contributed by atoms with Gasteiger partial charge >= 0.3 is 5.97 Å². The highest BCUT2D eigenvalue weighted by Gasteiger charge is 2.25. The normalized spacial score (nSPS) is 13.3. The minimum absolute atomic E-state index is 0.170. The fraction of sp³-hybridized carbons (Fsp3) is 0.500. The summed E-state index contributed by atoms with van der Waals surface area (Å²) in [6, 6.07) is 9.02. The predicted octanol–water partition coefficient (Wildman–Crippen LogP) is 3.82. The monoisotopic (exact) mass is 331 g/mol. The Morgan fingerprint density at radius 3 is 2.46 bits per heavy atom. The van der Waals surface area contributed by atoms with Gasteiger partial charge in [0.05, 0.1) is 0 Å². The number of allylic oxidation sites excluding steroid dienone is 1. The molecule has 0 saturated heterocycles. The van der Waals surface area contributed by atoms with E-state index in [9.17, 15) is 14.7 Å². The lowest BCUT2D eigenvalue weighted by Gasteiger charge is -2.21. The molecule has 1 rings (SSSR count). The van der Waals surface area contributed by atoms with Gasteiger partial charge in [-0.1, -0.05) is 50.3 Å². The van der Waals surface area contributed by atoms with Gasteiger partial charge in [-0.3, -0.25) is 4.79 Å². The summed E-state index contributed by atoms with van der Waals surface area (Å²) < 4.78 is 0. The zero-order valence-corrected chi connectivity index (χ0v) is 14.7. The number of carboxylic acids is 1. The van der Waals surface area contributed by atoms with Crippen LogP contribution < -0.4 is 5.32 Å². The molecule has 0 fully saturated rings. The number of rotatable bonds is 11. The van der Waals surface area contributed by atoms with Crippen molar-refractivity contribution in [1.82, 2.24) is 5.32 Å². The number of aliphatic carboxylic acids is 1. The molecule has 0 spiro atoms. The highest BCUT2D eigenvalue weighted by molar-refractivity contribution is 5.85. The van der Waals surface area contributed by atoms with Gasteiger partial charge in [0.2, 0.25) is 5.91 Å². The number of hydrogen-bond acceptors (Lipinski definition) is 2. The van der Waals surface area contributed by atoms with Crippen LogP contribution in [0, 0.1) is 11.8 Å². The standard InChI is InChI=1S/C20H29NO3/c1-4-5-7-12-17(14-16-10-8-6-9-11-16)19(22)21-18(20(23)24)13-15(2)3/h4,6,8-11,15,17-18H,1,5,7,12-14H2,2-3H3,(H,21,22)(H,23,24). The number of carboxylic acid groups (broad SMARTS) is 1. The van der Waals surface area contributed by atoms with Gasteiger partial charge in [0.25, 0.3) is 0 Å². The summed E-state index contributed by atoms with van der Waals surface area (Å²) in [6.07, 6.45) is 5.35. The third-order valence-corrected chi connectivity index (χ3v) is 3.98. The molecule has 2 atom stereocenters. The number of hydrogen-bond donors (Lipinski definition) is 2. The molecule has 1 aromatic rings. The molecule has 2 unspecified atom stereocenters. The van der Waals surface area contributed by atoms with Crippen molar-refractivity contribution >= 4 is 11.9 Å². The van der Waals surface area contributed by atoms with Crippen LogP contribution in [0.3, 0.4) is 0 Å². The molecule has 132 valence electrons. The topological polar surface area (TPSA) is 66.4 Å². The first kappa shape index (κ1) is 19.9. The third-order valence-electron chi connectivity index (χ3n) is 3.98. The van der Waals surface area contributed by atoms with Crippen molar-refractivity contribution in [3.05, 3.63) is 48.6 Å². The first-order chi connectivity index (χ1) is 11.4. The average molecular weight is 331 g/mol. The maximum absolute atomic E-state index is 12.6. The molecule has 0 heterocycles. The molecule has 0 aliphatic heterocycles. The van der Waals surface area contributed by atoms with Crippen LogP contribution in [0.5, 0.6) is 0 Å². The Kier molecular flexibility index (Phi) is 8.84. The van der Waals surface area contributed by atoms with E-state index in [-0.39, 0.29) is 17.7 Å². The number of amides is 1. The molecular formula is C20H29NO3. The number of unbranched alkanes of at least 4 members (excludes halogenated alkanes) is 1. The number of carbonyl (C=O) groups excluding carboxylic acids is 1. The molecule has 24 heavy (non-hydrogen) atoms. The fourth-order valence-corrected chi connectivity index (χ4v) is 2.72. The van der Waals surface area contributed by atoms with E-state index in [1.54, 1.807) is 0 Å². The number of nitrogens with one attached hydrogen (secondary N) is 1. The van der Waals surface area contributed by atoms with Crippen molar-refractivity contribution in [2.75, 3.05) is 0 Å². The molecule has 0 aliphatic carbocycles. The molecule has 1 amide bonds. The molecular weight excluding hydrogens is 302 g/mol. The van der Waals surface area contributed by atoms with Crippen molar-refractivity contribution in [3.8, 4) is 0 Å². The maximum atomic E-state index is 12.6. The molecule has 0 saturated carbocycles. The Balaban J connectivity index is 2.77. The summed E-state index contributed by atoms with van der Waals surface area (Å²) >= 11 is 0. The van der Waals surface area contributed by atoms with Crippen molar-refractivity contribution in [3.63, 3.8) is 0 Å². The summed E-state index contributed by atoms with van der Waals surface area (Å²) in [5.41, 5.74) is 1.09. The van der Waals surface area contributed by atoms with Crippen LogP contribution in [0.4, 0.5) is 0 Å². The Morgan fingerprint density at radius 1 is 1.25 bits per heavy atom. The number of benzene rings is 1. The lowest BCUT2D eigenvalue weighted by molar-refractivity contribution is -0.143. The molecule has 0 aliphatic rings. The molecule has 0 bridgehead atoms. The van der Waals surface area contributed by atoms with Crippen LogP contribution >= 0.6 is 0 Å². The van der Waals surface area contributed by atoms with Gasteiger partial charge in [-0.25, -0.2) is 4.79 Å².